The lowest BCUT2D eigenvalue weighted by Gasteiger charge is -2.03. The van der Waals surface area contributed by atoms with Crippen molar-refractivity contribution in [1.82, 2.24) is 0 Å². The molecule has 0 aliphatic rings. The molecule has 1 aromatic rings. The summed E-state index contributed by atoms with van der Waals surface area (Å²) < 4.78 is 0. The molecule has 0 nitrogen and oxygen atoms in total. The predicted molar refractivity (Wildman–Crippen MR) is 73.4 cm³/mol. The highest BCUT2D eigenvalue weighted by atomic mass is 14.0. The topological polar surface area (TPSA) is 0 Å². The molecule has 1 rings (SSSR count). The Bertz CT molecular complexity index is 402. The Hall–Kier alpha value is -1.56. The summed E-state index contributed by atoms with van der Waals surface area (Å²) in [6.45, 7) is 10.1. The molecule has 0 unspecified atom stereocenters. The van der Waals surface area contributed by atoms with Crippen LogP contribution in [0.5, 0.6) is 0 Å². The maximum atomic E-state index is 3.87. The Kier molecular flexibility index (Phi) is 4.78. The summed E-state index contributed by atoms with van der Waals surface area (Å²) in [6.07, 6.45) is 7.37. The lowest BCUT2D eigenvalue weighted by Crippen LogP contribution is -1.83. The Balaban J connectivity index is 2.92. The third-order valence-electron chi connectivity index (χ3n) is 2.55. The van der Waals surface area contributed by atoms with Gasteiger partial charge in [0.05, 0.1) is 0 Å². The van der Waals surface area contributed by atoms with E-state index in [2.05, 4.69) is 56.8 Å². The van der Waals surface area contributed by atoms with Crippen LogP contribution in [0.1, 0.15) is 31.9 Å². The van der Waals surface area contributed by atoms with Crippen LogP contribution in [0, 0.1) is 0 Å². The largest absolute Gasteiger partial charge is 0.0961 e. The van der Waals surface area contributed by atoms with Gasteiger partial charge in [-0.3, -0.25) is 0 Å². The van der Waals surface area contributed by atoms with Crippen molar-refractivity contribution in [3.63, 3.8) is 0 Å². The van der Waals surface area contributed by atoms with Gasteiger partial charge in [0.25, 0.3) is 0 Å². The first-order valence-corrected chi connectivity index (χ1v) is 5.76. The van der Waals surface area contributed by atoms with Crippen molar-refractivity contribution in [1.29, 1.82) is 0 Å². The van der Waals surface area contributed by atoms with Gasteiger partial charge in [-0.05, 0) is 37.0 Å². The van der Waals surface area contributed by atoms with Crippen LogP contribution >= 0.6 is 0 Å². The van der Waals surface area contributed by atoms with Crippen LogP contribution in [0.2, 0.25) is 0 Å². The molecule has 0 fully saturated rings. The smallest absolute Gasteiger partial charge is 0.0187 e. The molecule has 0 atom stereocenters. The molecule has 0 aliphatic heterocycles. The second kappa shape index (κ2) is 6.12. The van der Waals surface area contributed by atoms with Crippen molar-refractivity contribution in [2.75, 3.05) is 0 Å². The van der Waals surface area contributed by atoms with Gasteiger partial charge in [0.15, 0.2) is 0 Å². The normalized spacial score (nSPS) is 12.1. The van der Waals surface area contributed by atoms with Crippen LogP contribution in [0.4, 0.5) is 0 Å². The Labute approximate surface area is 99.0 Å². The molecule has 0 heterocycles. The highest BCUT2D eigenvalue weighted by Gasteiger charge is 1.96. The molecular formula is C16H20. The molecular weight excluding hydrogens is 192 g/mol. The summed E-state index contributed by atoms with van der Waals surface area (Å²) in [5.41, 5.74) is 4.95. The van der Waals surface area contributed by atoms with Crippen LogP contribution in [0.15, 0.2) is 54.6 Å². The summed E-state index contributed by atoms with van der Waals surface area (Å²) in [5, 5.41) is 0. The molecule has 1 aromatic carbocycles. The van der Waals surface area contributed by atoms with E-state index in [0.717, 1.165) is 12.0 Å². The van der Waals surface area contributed by atoms with Gasteiger partial charge < -0.3 is 0 Å². The highest BCUT2D eigenvalue weighted by molar-refractivity contribution is 5.74. The number of hydrogen-bond acceptors (Lipinski definition) is 0. The van der Waals surface area contributed by atoms with Gasteiger partial charge in [-0.15, -0.1) is 0 Å². The predicted octanol–water partition coefficient (Wildman–Crippen LogP) is 4.78. The fraction of sp³-hybridized carbons (Fsp3) is 0.250. The maximum absolute atomic E-state index is 3.87. The van der Waals surface area contributed by atoms with E-state index in [4.69, 9.17) is 0 Å². The third kappa shape index (κ3) is 3.54. The number of allylic oxidation sites excluding steroid dienone is 5. The minimum Gasteiger partial charge on any atom is -0.0961 e. The molecule has 16 heavy (non-hydrogen) atoms. The zero-order valence-electron chi connectivity index (χ0n) is 10.5. The van der Waals surface area contributed by atoms with Gasteiger partial charge in [0, 0.05) is 0 Å². The summed E-state index contributed by atoms with van der Waals surface area (Å²) in [6, 6.07) is 8.73. The fourth-order valence-corrected chi connectivity index (χ4v) is 1.52. The van der Waals surface area contributed by atoms with E-state index in [1.54, 1.807) is 0 Å². The first kappa shape index (κ1) is 12.5. The molecule has 0 aliphatic carbocycles. The van der Waals surface area contributed by atoms with Crippen LogP contribution in [0.3, 0.4) is 0 Å². The lowest BCUT2D eigenvalue weighted by atomic mass is 10.0. The summed E-state index contributed by atoms with van der Waals surface area (Å²) in [4.78, 5) is 0. The molecule has 0 N–H and O–H groups in total. The molecule has 0 saturated heterocycles. The second-order valence-corrected chi connectivity index (χ2v) is 3.97. The van der Waals surface area contributed by atoms with E-state index < -0.39 is 0 Å². The van der Waals surface area contributed by atoms with E-state index in [-0.39, 0.29) is 0 Å². The highest BCUT2D eigenvalue weighted by Crippen LogP contribution is 2.17. The van der Waals surface area contributed by atoms with Gasteiger partial charge in [-0.1, -0.05) is 61.6 Å². The first-order chi connectivity index (χ1) is 7.67. The molecule has 0 spiro atoms. The molecule has 0 heteroatoms. The van der Waals surface area contributed by atoms with Gasteiger partial charge in [0.2, 0.25) is 0 Å². The second-order valence-electron chi connectivity index (χ2n) is 3.97. The first-order valence-electron chi connectivity index (χ1n) is 5.76. The van der Waals surface area contributed by atoms with E-state index in [1.165, 1.54) is 16.7 Å². The Morgan fingerprint density at radius 2 is 1.81 bits per heavy atom. The van der Waals surface area contributed by atoms with Gasteiger partial charge in [-0.25, -0.2) is 0 Å². The summed E-state index contributed by atoms with van der Waals surface area (Å²) in [7, 11) is 0. The molecule has 0 saturated carbocycles. The SMILES string of the molecule is C=C(C)/C=C\C(=C/C)c1ccc(CC)cc1. The molecule has 0 radical (unpaired) electrons. The van der Waals surface area contributed by atoms with Gasteiger partial charge >= 0.3 is 0 Å². The van der Waals surface area contributed by atoms with Crippen molar-refractivity contribution in [2.45, 2.75) is 27.2 Å². The van der Waals surface area contributed by atoms with Crippen molar-refractivity contribution < 1.29 is 0 Å². The van der Waals surface area contributed by atoms with Crippen LogP contribution in [0.25, 0.3) is 5.57 Å². The van der Waals surface area contributed by atoms with E-state index in [0.29, 0.717) is 0 Å². The zero-order valence-corrected chi connectivity index (χ0v) is 10.5. The zero-order chi connectivity index (χ0) is 12.0. The fourth-order valence-electron chi connectivity index (χ4n) is 1.52. The van der Waals surface area contributed by atoms with E-state index in [1.807, 2.05) is 13.0 Å². The Morgan fingerprint density at radius 1 is 1.19 bits per heavy atom. The monoisotopic (exact) mass is 212 g/mol. The van der Waals surface area contributed by atoms with Crippen molar-refractivity contribution >= 4 is 5.57 Å². The minimum atomic E-state index is 1.07. The van der Waals surface area contributed by atoms with Crippen LogP contribution in [-0.2, 0) is 6.42 Å². The van der Waals surface area contributed by atoms with Crippen molar-refractivity contribution in [3.05, 3.63) is 65.8 Å². The van der Waals surface area contributed by atoms with Crippen molar-refractivity contribution in [2.24, 2.45) is 0 Å². The average Bonchev–Trinajstić information content (AvgIpc) is 2.30. The van der Waals surface area contributed by atoms with Gasteiger partial charge in [0.1, 0.15) is 0 Å². The Morgan fingerprint density at radius 3 is 2.25 bits per heavy atom. The number of hydrogen-bond donors (Lipinski definition) is 0. The van der Waals surface area contributed by atoms with Crippen LogP contribution in [-0.4, -0.2) is 0 Å². The number of benzene rings is 1. The van der Waals surface area contributed by atoms with Crippen LogP contribution < -0.4 is 0 Å². The quantitative estimate of drug-likeness (QED) is 0.630. The summed E-state index contributed by atoms with van der Waals surface area (Å²) >= 11 is 0. The van der Waals surface area contributed by atoms with Crippen molar-refractivity contribution in [3.8, 4) is 0 Å². The number of aryl methyl sites for hydroxylation is 1. The van der Waals surface area contributed by atoms with Gasteiger partial charge in [-0.2, -0.15) is 0 Å². The molecule has 84 valence electrons. The van der Waals surface area contributed by atoms with E-state index >= 15 is 0 Å². The number of rotatable bonds is 4. The minimum absolute atomic E-state index is 1.07. The maximum Gasteiger partial charge on any atom is -0.0187 e. The average molecular weight is 212 g/mol. The molecule has 0 amide bonds. The van der Waals surface area contributed by atoms with E-state index in [9.17, 15) is 0 Å². The third-order valence-corrected chi connectivity index (χ3v) is 2.55. The standard InChI is InChI=1S/C16H20/c1-5-14-8-11-16(12-9-14)15(6-2)10-7-13(3)4/h6-12H,3,5H2,1-2,4H3/b10-7-,15-6+. The molecule has 0 aromatic heterocycles. The summed E-state index contributed by atoms with van der Waals surface area (Å²) in [5.74, 6) is 0. The lowest BCUT2D eigenvalue weighted by molar-refractivity contribution is 1.14. The molecule has 0 bridgehead atoms.